The normalized spacial score (nSPS) is 22.3. The number of hydrogen-bond donors (Lipinski definition) is 0. The second-order valence-electron chi connectivity index (χ2n) is 8.73. The molecule has 1 fully saturated rings. The molecule has 2 aromatic rings. The van der Waals surface area contributed by atoms with E-state index in [1.165, 1.54) is 4.90 Å². The number of piperidine rings is 1. The summed E-state index contributed by atoms with van der Waals surface area (Å²) in [5.74, 6) is 0.475. The Balaban J connectivity index is 1.76. The lowest BCUT2D eigenvalue weighted by Gasteiger charge is -2.37. The minimum atomic E-state index is -0.246. The first-order chi connectivity index (χ1) is 14.3. The zero-order valence-corrected chi connectivity index (χ0v) is 18.4. The van der Waals surface area contributed by atoms with Crippen molar-refractivity contribution >= 4 is 29.0 Å². The molecule has 2 amide bonds. The first-order valence-corrected chi connectivity index (χ1v) is 10.9. The minimum Gasteiger partial charge on any atom is -0.366 e. The van der Waals surface area contributed by atoms with Crippen LogP contribution in [0.4, 0.5) is 0 Å². The zero-order valence-electron chi connectivity index (χ0n) is 17.7. The molecule has 0 saturated carbocycles. The Morgan fingerprint density at radius 2 is 1.57 bits per heavy atom. The summed E-state index contributed by atoms with van der Waals surface area (Å²) in [5, 5.41) is 0.559. The largest absolute Gasteiger partial charge is 0.366 e. The fourth-order valence-electron chi connectivity index (χ4n) is 4.62. The first kappa shape index (κ1) is 20.7. The topological polar surface area (TPSA) is 40.6 Å². The van der Waals surface area contributed by atoms with Crippen molar-refractivity contribution < 1.29 is 9.59 Å². The molecule has 156 valence electrons. The molecule has 0 radical (unpaired) electrons. The summed E-state index contributed by atoms with van der Waals surface area (Å²) in [6, 6.07) is 15.2. The lowest BCUT2D eigenvalue weighted by molar-refractivity contribution is -0.138. The molecule has 2 heterocycles. The third-order valence-corrected chi connectivity index (χ3v) is 6.32. The molecular weight excluding hydrogens is 396 g/mol. The van der Waals surface area contributed by atoms with Gasteiger partial charge in [0.15, 0.2) is 0 Å². The van der Waals surface area contributed by atoms with Crippen LogP contribution in [-0.2, 0) is 16.1 Å². The third kappa shape index (κ3) is 3.89. The van der Waals surface area contributed by atoms with E-state index in [1.807, 2.05) is 49.4 Å². The first-order valence-electron chi connectivity index (χ1n) is 10.5. The van der Waals surface area contributed by atoms with Gasteiger partial charge in [-0.2, -0.15) is 0 Å². The number of rotatable bonds is 4. The number of likely N-dealkylation sites (tertiary alicyclic amines) is 1. The standard InChI is InChI=1S/C25H27ClN2O2/c1-16-8-10-19(11-9-16)22-23(27-13-17(2)12-18(3)14-27)25(30)28(24(22)29)15-20-6-4-5-7-21(20)26/h4-11,17-18H,12-15H2,1-3H3. The summed E-state index contributed by atoms with van der Waals surface area (Å²) in [6.45, 7) is 8.17. The third-order valence-electron chi connectivity index (χ3n) is 5.96. The highest BCUT2D eigenvalue weighted by molar-refractivity contribution is 6.35. The van der Waals surface area contributed by atoms with Gasteiger partial charge in [-0.05, 0) is 42.4 Å². The van der Waals surface area contributed by atoms with Crippen LogP contribution in [0.5, 0.6) is 0 Å². The van der Waals surface area contributed by atoms with Gasteiger partial charge in [0.2, 0.25) is 0 Å². The SMILES string of the molecule is Cc1ccc(C2=C(N3CC(C)CC(C)C3)C(=O)N(Cc3ccccc3Cl)C2=O)cc1. The number of carbonyl (C=O) groups is 2. The predicted molar refractivity (Wildman–Crippen MR) is 120 cm³/mol. The molecule has 2 aliphatic rings. The van der Waals surface area contributed by atoms with Crippen LogP contribution in [0.1, 0.15) is 37.0 Å². The second kappa shape index (κ2) is 8.27. The number of hydrogen-bond acceptors (Lipinski definition) is 3. The van der Waals surface area contributed by atoms with Crippen molar-refractivity contribution in [1.82, 2.24) is 9.80 Å². The molecule has 1 saturated heterocycles. The minimum absolute atomic E-state index is 0.176. The Labute approximate surface area is 183 Å². The highest BCUT2D eigenvalue weighted by Gasteiger charge is 2.42. The summed E-state index contributed by atoms with van der Waals surface area (Å²) in [7, 11) is 0. The van der Waals surface area contributed by atoms with Gasteiger partial charge in [0.1, 0.15) is 5.70 Å². The molecule has 0 bridgehead atoms. The van der Waals surface area contributed by atoms with Crippen molar-refractivity contribution in [2.24, 2.45) is 11.8 Å². The average molecular weight is 423 g/mol. The van der Waals surface area contributed by atoms with Crippen LogP contribution in [0.15, 0.2) is 54.2 Å². The van der Waals surface area contributed by atoms with Crippen LogP contribution in [0, 0.1) is 18.8 Å². The van der Waals surface area contributed by atoms with Crippen LogP contribution in [0.25, 0.3) is 5.57 Å². The average Bonchev–Trinajstić information content (AvgIpc) is 2.94. The molecule has 2 unspecified atom stereocenters. The van der Waals surface area contributed by atoms with Gasteiger partial charge in [-0.3, -0.25) is 14.5 Å². The number of aryl methyl sites for hydroxylation is 1. The van der Waals surface area contributed by atoms with E-state index in [0.717, 1.165) is 36.2 Å². The Bertz CT molecular complexity index is 1000. The smallest absolute Gasteiger partial charge is 0.278 e. The van der Waals surface area contributed by atoms with Gasteiger partial charge < -0.3 is 4.90 Å². The number of benzene rings is 2. The van der Waals surface area contributed by atoms with E-state index >= 15 is 0 Å². The summed E-state index contributed by atoms with van der Waals surface area (Å²) >= 11 is 6.32. The Kier molecular flexibility index (Phi) is 5.70. The lowest BCUT2D eigenvalue weighted by Crippen LogP contribution is -2.41. The molecular formula is C25H27ClN2O2. The molecule has 4 rings (SSSR count). The molecule has 0 spiro atoms. The van der Waals surface area contributed by atoms with Gasteiger partial charge in [-0.25, -0.2) is 0 Å². The van der Waals surface area contributed by atoms with Crippen molar-refractivity contribution in [2.75, 3.05) is 13.1 Å². The van der Waals surface area contributed by atoms with Crippen molar-refractivity contribution in [3.05, 3.63) is 75.9 Å². The Hall–Kier alpha value is -2.59. The lowest BCUT2D eigenvalue weighted by atomic mass is 9.91. The number of carbonyl (C=O) groups excluding carboxylic acids is 2. The Morgan fingerprint density at radius 1 is 0.933 bits per heavy atom. The molecule has 2 atom stereocenters. The highest BCUT2D eigenvalue weighted by Crippen LogP contribution is 2.36. The molecule has 5 heteroatoms. The van der Waals surface area contributed by atoms with E-state index in [9.17, 15) is 9.59 Å². The van der Waals surface area contributed by atoms with Crippen LogP contribution >= 0.6 is 11.6 Å². The maximum absolute atomic E-state index is 13.6. The van der Waals surface area contributed by atoms with Gasteiger partial charge in [-0.15, -0.1) is 0 Å². The van der Waals surface area contributed by atoms with Crippen LogP contribution in [-0.4, -0.2) is 34.7 Å². The maximum Gasteiger partial charge on any atom is 0.278 e. The van der Waals surface area contributed by atoms with Crippen LogP contribution < -0.4 is 0 Å². The van der Waals surface area contributed by atoms with E-state index < -0.39 is 0 Å². The molecule has 2 aliphatic heterocycles. The fourth-order valence-corrected chi connectivity index (χ4v) is 4.82. The van der Waals surface area contributed by atoms with E-state index in [0.29, 0.717) is 28.1 Å². The summed E-state index contributed by atoms with van der Waals surface area (Å²) in [6.07, 6.45) is 1.13. The molecule has 0 N–H and O–H groups in total. The predicted octanol–water partition coefficient (Wildman–Crippen LogP) is 4.91. The summed E-state index contributed by atoms with van der Waals surface area (Å²) in [4.78, 5) is 30.5. The van der Waals surface area contributed by atoms with E-state index in [-0.39, 0.29) is 18.4 Å². The van der Waals surface area contributed by atoms with Crippen LogP contribution in [0.3, 0.4) is 0 Å². The second-order valence-corrected chi connectivity index (χ2v) is 9.14. The van der Waals surface area contributed by atoms with Crippen molar-refractivity contribution in [2.45, 2.75) is 33.7 Å². The number of nitrogens with zero attached hydrogens (tertiary/aromatic N) is 2. The van der Waals surface area contributed by atoms with Gasteiger partial charge in [0.25, 0.3) is 11.8 Å². The van der Waals surface area contributed by atoms with Gasteiger partial charge in [0, 0.05) is 18.1 Å². The molecule has 30 heavy (non-hydrogen) atoms. The molecule has 4 nitrogen and oxygen atoms in total. The van der Waals surface area contributed by atoms with Gasteiger partial charge >= 0.3 is 0 Å². The van der Waals surface area contributed by atoms with E-state index in [4.69, 9.17) is 11.6 Å². The Morgan fingerprint density at radius 3 is 2.20 bits per heavy atom. The van der Waals surface area contributed by atoms with Crippen molar-refractivity contribution in [1.29, 1.82) is 0 Å². The molecule has 0 aromatic heterocycles. The molecule has 0 aliphatic carbocycles. The molecule has 2 aromatic carbocycles. The van der Waals surface area contributed by atoms with E-state index in [2.05, 4.69) is 18.7 Å². The van der Waals surface area contributed by atoms with Gasteiger partial charge in [-0.1, -0.05) is 73.5 Å². The van der Waals surface area contributed by atoms with Crippen molar-refractivity contribution in [3.63, 3.8) is 0 Å². The number of imide groups is 1. The number of amides is 2. The highest BCUT2D eigenvalue weighted by atomic mass is 35.5. The monoisotopic (exact) mass is 422 g/mol. The maximum atomic E-state index is 13.6. The number of halogens is 1. The van der Waals surface area contributed by atoms with Crippen LogP contribution in [0.2, 0.25) is 5.02 Å². The summed E-state index contributed by atoms with van der Waals surface area (Å²) < 4.78 is 0. The van der Waals surface area contributed by atoms with Crippen molar-refractivity contribution in [3.8, 4) is 0 Å². The van der Waals surface area contributed by atoms with E-state index in [1.54, 1.807) is 6.07 Å². The summed E-state index contributed by atoms with van der Waals surface area (Å²) in [5.41, 5.74) is 3.72. The quantitative estimate of drug-likeness (QED) is 0.657. The van der Waals surface area contributed by atoms with Gasteiger partial charge in [0.05, 0.1) is 12.1 Å². The fraction of sp³-hybridized carbons (Fsp3) is 0.360. The zero-order chi connectivity index (χ0) is 21.4.